The van der Waals surface area contributed by atoms with Gasteiger partial charge in [-0.3, -0.25) is 0 Å². The Morgan fingerprint density at radius 2 is 2.20 bits per heavy atom. The van der Waals surface area contributed by atoms with Crippen molar-refractivity contribution in [3.63, 3.8) is 0 Å². The Kier molecular flexibility index (Phi) is 5.48. The molecular weight excluding hydrogens is 184 g/mol. The van der Waals surface area contributed by atoms with Crippen molar-refractivity contribution in [1.82, 2.24) is 9.88 Å². The molecule has 1 aromatic rings. The predicted octanol–water partition coefficient (Wildman–Crippen LogP) is 3.35. The zero-order chi connectivity index (χ0) is 11.1. The number of hydrogen-bond donors (Lipinski definition) is 1. The Hall–Kier alpha value is -0.760. The Bertz CT molecular complexity index is 265. The molecule has 0 spiro atoms. The normalized spacial score (nSPS) is 13.0. The first-order valence-electron chi connectivity index (χ1n) is 6.15. The monoisotopic (exact) mass is 208 g/mol. The van der Waals surface area contributed by atoms with Gasteiger partial charge in [-0.1, -0.05) is 20.3 Å². The molecule has 0 saturated heterocycles. The first-order valence-corrected chi connectivity index (χ1v) is 6.15. The van der Waals surface area contributed by atoms with Crippen LogP contribution >= 0.6 is 0 Å². The Balaban J connectivity index is 2.33. The fraction of sp³-hybridized carbons (Fsp3) is 0.692. The van der Waals surface area contributed by atoms with Crippen molar-refractivity contribution < 1.29 is 0 Å². The van der Waals surface area contributed by atoms with E-state index < -0.39 is 0 Å². The average molecular weight is 208 g/mol. The maximum Gasteiger partial charge on any atom is 0.0299 e. The zero-order valence-electron chi connectivity index (χ0n) is 10.3. The van der Waals surface area contributed by atoms with E-state index in [0.29, 0.717) is 6.04 Å². The summed E-state index contributed by atoms with van der Waals surface area (Å²) in [5.41, 5.74) is 1.39. The van der Waals surface area contributed by atoms with E-state index in [4.69, 9.17) is 0 Å². The molecule has 0 saturated carbocycles. The fourth-order valence-corrected chi connectivity index (χ4v) is 1.58. The number of hydrogen-bond acceptors (Lipinski definition) is 1. The SMILES string of the molecule is CCCCNCc1ccn([C@@H](C)CC)c1. The molecule has 1 aromatic heterocycles. The smallest absolute Gasteiger partial charge is 0.0299 e. The lowest BCUT2D eigenvalue weighted by molar-refractivity contribution is 0.531. The Morgan fingerprint density at radius 3 is 2.87 bits per heavy atom. The summed E-state index contributed by atoms with van der Waals surface area (Å²) < 4.78 is 2.30. The molecule has 0 amide bonds. The van der Waals surface area contributed by atoms with Gasteiger partial charge in [0.25, 0.3) is 0 Å². The highest BCUT2D eigenvalue weighted by molar-refractivity contribution is 5.10. The minimum atomic E-state index is 0.620. The Morgan fingerprint density at radius 1 is 1.40 bits per heavy atom. The summed E-state index contributed by atoms with van der Waals surface area (Å²) in [4.78, 5) is 0. The molecule has 1 atom stereocenters. The van der Waals surface area contributed by atoms with E-state index in [1.807, 2.05) is 0 Å². The molecule has 1 N–H and O–H groups in total. The van der Waals surface area contributed by atoms with Crippen LogP contribution in [-0.4, -0.2) is 11.1 Å². The van der Waals surface area contributed by atoms with Gasteiger partial charge in [-0.15, -0.1) is 0 Å². The summed E-state index contributed by atoms with van der Waals surface area (Å²) in [5.74, 6) is 0. The topological polar surface area (TPSA) is 17.0 Å². The molecule has 0 fully saturated rings. The molecule has 0 bridgehead atoms. The van der Waals surface area contributed by atoms with Crippen molar-refractivity contribution in [3.05, 3.63) is 24.0 Å². The minimum Gasteiger partial charge on any atom is -0.351 e. The van der Waals surface area contributed by atoms with E-state index in [2.05, 4.69) is 49.1 Å². The molecule has 0 aliphatic rings. The van der Waals surface area contributed by atoms with Gasteiger partial charge in [0, 0.05) is 25.0 Å². The molecule has 0 aromatic carbocycles. The molecule has 1 heterocycles. The lowest BCUT2D eigenvalue weighted by Gasteiger charge is -2.09. The summed E-state index contributed by atoms with van der Waals surface area (Å²) in [6, 6.07) is 2.83. The van der Waals surface area contributed by atoms with Crippen LogP contribution in [0.4, 0.5) is 0 Å². The number of rotatable bonds is 7. The summed E-state index contributed by atoms with van der Waals surface area (Å²) in [5, 5.41) is 3.46. The third kappa shape index (κ3) is 4.08. The first-order chi connectivity index (χ1) is 7.27. The Labute approximate surface area is 93.7 Å². The van der Waals surface area contributed by atoms with Gasteiger partial charge in [0.05, 0.1) is 0 Å². The van der Waals surface area contributed by atoms with Crippen LogP contribution < -0.4 is 5.32 Å². The van der Waals surface area contributed by atoms with Crippen molar-refractivity contribution in [1.29, 1.82) is 0 Å². The summed E-state index contributed by atoms with van der Waals surface area (Å²) in [7, 11) is 0. The van der Waals surface area contributed by atoms with Gasteiger partial charge in [0.2, 0.25) is 0 Å². The third-order valence-electron chi connectivity index (χ3n) is 2.91. The maximum atomic E-state index is 3.46. The molecule has 2 heteroatoms. The van der Waals surface area contributed by atoms with Crippen LogP contribution in [0.3, 0.4) is 0 Å². The second kappa shape index (κ2) is 6.67. The second-order valence-corrected chi connectivity index (χ2v) is 4.25. The van der Waals surface area contributed by atoms with E-state index in [1.165, 1.54) is 24.8 Å². The van der Waals surface area contributed by atoms with Crippen molar-refractivity contribution in [2.75, 3.05) is 6.54 Å². The standard InChI is InChI=1S/C13H24N2/c1-4-6-8-14-10-13-7-9-15(11-13)12(3)5-2/h7,9,11-12,14H,4-6,8,10H2,1-3H3/t12-/m0/s1. The average Bonchev–Trinajstić information content (AvgIpc) is 2.72. The predicted molar refractivity (Wildman–Crippen MR) is 66.0 cm³/mol. The van der Waals surface area contributed by atoms with Gasteiger partial charge in [-0.05, 0) is 37.9 Å². The van der Waals surface area contributed by atoms with Crippen molar-refractivity contribution in [3.8, 4) is 0 Å². The number of nitrogens with zero attached hydrogens (tertiary/aromatic N) is 1. The summed E-state index contributed by atoms with van der Waals surface area (Å²) >= 11 is 0. The van der Waals surface area contributed by atoms with E-state index in [-0.39, 0.29) is 0 Å². The van der Waals surface area contributed by atoms with E-state index in [9.17, 15) is 0 Å². The van der Waals surface area contributed by atoms with Gasteiger partial charge in [0.15, 0.2) is 0 Å². The molecule has 0 unspecified atom stereocenters. The molecule has 0 radical (unpaired) electrons. The maximum absolute atomic E-state index is 3.46. The van der Waals surface area contributed by atoms with Gasteiger partial charge in [0.1, 0.15) is 0 Å². The van der Waals surface area contributed by atoms with Crippen molar-refractivity contribution >= 4 is 0 Å². The molecule has 1 rings (SSSR count). The van der Waals surface area contributed by atoms with Crippen LogP contribution in [0.2, 0.25) is 0 Å². The lowest BCUT2D eigenvalue weighted by atomic mass is 10.2. The molecule has 86 valence electrons. The zero-order valence-corrected chi connectivity index (χ0v) is 10.3. The van der Waals surface area contributed by atoms with E-state index >= 15 is 0 Å². The molecule has 2 nitrogen and oxygen atoms in total. The first kappa shape index (κ1) is 12.3. The van der Waals surface area contributed by atoms with Crippen LogP contribution in [0.15, 0.2) is 18.5 Å². The third-order valence-corrected chi connectivity index (χ3v) is 2.91. The molecule has 0 aliphatic carbocycles. The number of nitrogens with one attached hydrogen (secondary N) is 1. The van der Waals surface area contributed by atoms with Gasteiger partial charge < -0.3 is 9.88 Å². The van der Waals surface area contributed by atoms with Crippen molar-refractivity contribution in [2.24, 2.45) is 0 Å². The van der Waals surface area contributed by atoms with E-state index in [0.717, 1.165) is 13.1 Å². The lowest BCUT2D eigenvalue weighted by Crippen LogP contribution is -2.14. The fourth-order valence-electron chi connectivity index (χ4n) is 1.58. The number of aromatic nitrogens is 1. The van der Waals surface area contributed by atoms with Crippen LogP contribution in [0.5, 0.6) is 0 Å². The van der Waals surface area contributed by atoms with Crippen LogP contribution in [0.25, 0.3) is 0 Å². The summed E-state index contributed by atoms with van der Waals surface area (Å²) in [6.45, 7) is 8.84. The quantitative estimate of drug-likeness (QED) is 0.680. The highest BCUT2D eigenvalue weighted by Crippen LogP contribution is 2.12. The summed E-state index contributed by atoms with van der Waals surface area (Å²) in [6.07, 6.45) is 8.17. The van der Waals surface area contributed by atoms with Crippen LogP contribution in [-0.2, 0) is 6.54 Å². The molecule has 15 heavy (non-hydrogen) atoms. The van der Waals surface area contributed by atoms with Crippen molar-refractivity contribution in [2.45, 2.75) is 52.6 Å². The molecule has 0 aliphatic heterocycles. The van der Waals surface area contributed by atoms with Crippen LogP contribution in [0, 0.1) is 0 Å². The highest BCUT2D eigenvalue weighted by atomic mass is 15.0. The number of unbranched alkanes of at least 4 members (excludes halogenated alkanes) is 1. The molecular formula is C13H24N2. The van der Waals surface area contributed by atoms with Gasteiger partial charge >= 0.3 is 0 Å². The van der Waals surface area contributed by atoms with Crippen LogP contribution in [0.1, 0.15) is 51.6 Å². The highest BCUT2D eigenvalue weighted by Gasteiger charge is 2.01. The second-order valence-electron chi connectivity index (χ2n) is 4.25. The van der Waals surface area contributed by atoms with Gasteiger partial charge in [-0.2, -0.15) is 0 Å². The van der Waals surface area contributed by atoms with E-state index in [1.54, 1.807) is 0 Å². The van der Waals surface area contributed by atoms with Gasteiger partial charge in [-0.25, -0.2) is 0 Å². The minimum absolute atomic E-state index is 0.620. The largest absolute Gasteiger partial charge is 0.351 e.